The van der Waals surface area contributed by atoms with Crippen LogP contribution >= 0.6 is 0 Å². The Kier molecular flexibility index (Phi) is 10.5. The largest absolute Gasteiger partial charge is 0.446 e. The molecule has 0 unspecified atom stereocenters. The van der Waals surface area contributed by atoms with Gasteiger partial charge in [-0.3, -0.25) is 4.79 Å². The Morgan fingerprint density at radius 3 is 2.28 bits per heavy atom. The van der Waals surface area contributed by atoms with Crippen molar-refractivity contribution in [1.82, 2.24) is 15.2 Å². The number of carbonyl (C=O) groups is 2. The Hall–Kier alpha value is -3.68. The van der Waals surface area contributed by atoms with Crippen LogP contribution in [-0.2, 0) is 22.5 Å². The third-order valence-corrected chi connectivity index (χ3v) is 6.96. The van der Waals surface area contributed by atoms with Gasteiger partial charge in [0.15, 0.2) is 0 Å². The van der Waals surface area contributed by atoms with Gasteiger partial charge in [0.05, 0.1) is 12.2 Å². The maximum atomic E-state index is 13.5. The predicted molar refractivity (Wildman–Crippen MR) is 156 cm³/mol. The number of anilines is 1. The Balaban J connectivity index is 1.36. The quantitative estimate of drug-likeness (QED) is 0.366. The second-order valence-electron chi connectivity index (χ2n) is 9.79. The number of benzene rings is 3. The summed E-state index contributed by atoms with van der Waals surface area (Å²) in [4.78, 5) is 27.9. The van der Waals surface area contributed by atoms with Crippen molar-refractivity contribution in [3.8, 4) is 11.1 Å². The van der Waals surface area contributed by atoms with Crippen molar-refractivity contribution in [2.75, 3.05) is 45.3 Å². The summed E-state index contributed by atoms with van der Waals surface area (Å²) in [5.41, 5.74) is 5.15. The van der Waals surface area contributed by atoms with E-state index in [2.05, 4.69) is 41.0 Å². The lowest BCUT2D eigenvalue weighted by molar-refractivity contribution is -0.130. The summed E-state index contributed by atoms with van der Waals surface area (Å²) in [6.45, 7) is 2.78. The SMILES string of the molecule is CNCc1ccc(CCC(=O)N(C)CCOC(=O)N(c2ccccc2-c2ccccc2)N2CC[CH]CC2)cc1. The van der Waals surface area contributed by atoms with E-state index in [4.69, 9.17) is 4.74 Å². The molecule has 1 fully saturated rings. The molecule has 2 amide bonds. The van der Waals surface area contributed by atoms with Gasteiger partial charge in [0.25, 0.3) is 0 Å². The first-order valence-electron chi connectivity index (χ1n) is 13.7. The summed E-state index contributed by atoms with van der Waals surface area (Å²) in [6, 6.07) is 26.3. The first kappa shape index (κ1) is 28.3. The number of nitrogens with zero attached hydrogens (tertiary/aromatic N) is 3. The molecule has 7 nitrogen and oxygen atoms in total. The van der Waals surface area contributed by atoms with Gasteiger partial charge in [-0.05, 0) is 55.5 Å². The molecule has 0 bridgehead atoms. The van der Waals surface area contributed by atoms with E-state index in [1.165, 1.54) is 5.56 Å². The Morgan fingerprint density at radius 2 is 1.56 bits per heavy atom. The van der Waals surface area contributed by atoms with E-state index in [1.54, 1.807) is 17.0 Å². The monoisotopic (exact) mass is 527 g/mol. The fraction of sp³-hybridized carbons (Fsp3) is 0.344. The molecule has 0 aromatic heterocycles. The zero-order valence-electron chi connectivity index (χ0n) is 23.0. The van der Waals surface area contributed by atoms with Gasteiger partial charge in [-0.1, -0.05) is 72.8 Å². The number of hydrogen-bond donors (Lipinski definition) is 1. The van der Waals surface area contributed by atoms with Crippen molar-refractivity contribution < 1.29 is 14.3 Å². The van der Waals surface area contributed by atoms with Gasteiger partial charge < -0.3 is 15.0 Å². The number of hydrazine groups is 1. The van der Waals surface area contributed by atoms with Gasteiger partial charge >= 0.3 is 6.09 Å². The van der Waals surface area contributed by atoms with Crippen LogP contribution in [0.5, 0.6) is 0 Å². The smallest absolute Gasteiger partial charge is 0.429 e. The van der Waals surface area contributed by atoms with Gasteiger partial charge in [-0.15, -0.1) is 0 Å². The second kappa shape index (κ2) is 14.5. The molecule has 1 radical (unpaired) electrons. The number of nitrogens with one attached hydrogen (secondary N) is 1. The number of aryl methyl sites for hydroxylation is 1. The minimum absolute atomic E-state index is 0.0307. The lowest BCUT2D eigenvalue weighted by Gasteiger charge is -2.37. The van der Waals surface area contributed by atoms with Crippen LogP contribution in [-0.4, -0.2) is 62.2 Å². The van der Waals surface area contributed by atoms with Crippen molar-refractivity contribution in [3.63, 3.8) is 0 Å². The molecule has 1 aliphatic heterocycles. The standard InChI is InChI=1S/C32H39N4O3/c1-33-25-27-17-15-26(16-18-27)19-20-31(37)34(2)23-24-39-32(38)36(35-21-9-4-10-22-35)30-14-8-7-13-29(30)28-11-5-3-6-12-28/h3-8,11-18,33H,9-10,19-25H2,1-2H3. The first-order chi connectivity index (χ1) is 19.1. The third-order valence-electron chi connectivity index (χ3n) is 6.96. The highest BCUT2D eigenvalue weighted by molar-refractivity contribution is 5.93. The van der Waals surface area contributed by atoms with Crippen LogP contribution < -0.4 is 10.3 Å². The topological polar surface area (TPSA) is 65.1 Å². The summed E-state index contributed by atoms with van der Waals surface area (Å²) in [6.07, 6.45) is 4.73. The zero-order chi connectivity index (χ0) is 27.5. The third kappa shape index (κ3) is 7.91. The van der Waals surface area contributed by atoms with Gasteiger partial charge in [0, 0.05) is 38.7 Å². The van der Waals surface area contributed by atoms with Crippen LogP contribution in [0.4, 0.5) is 10.5 Å². The van der Waals surface area contributed by atoms with Crippen molar-refractivity contribution in [3.05, 3.63) is 96.4 Å². The van der Waals surface area contributed by atoms with E-state index in [-0.39, 0.29) is 12.5 Å². The molecule has 1 N–H and O–H groups in total. The van der Waals surface area contributed by atoms with Crippen LogP contribution in [0.1, 0.15) is 30.4 Å². The number of rotatable bonds is 11. The minimum Gasteiger partial charge on any atom is -0.446 e. The van der Waals surface area contributed by atoms with Crippen molar-refractivity contribution in [1.29, 1.82) is 0 Å². The van der Waals surface area contributed by atoms with E-state index in [1.807, 2.05) is 61.6 Å². The number of piperidine rings is 1. The molecule has 1 aliphatic rings. The molecule has 0 saturated carbocycles. The molecule has 3 aromatic carbocycles. The number of likely N-dealkylation sites (N-methyl/N-ethyl adjacent to an activating group) is 1. The number of para-hydroxylation sites is 1. The van der Waals surface area contributed by atoms with Gasteiger partial charge in [0.2, 0.25) is 5.91 Å². The number of hydrogen-bond acceptors (Lipinski definition) is 5. The molecule has 3 aromatic rings. The summed E-state index contributed by atoms with van der Waals surface area (Å²) >= 11 is 0. The molecule has 205 valence electrons. The second-order valence-corrected chi connectivity index (χ2v) is 9.79. The molecule has 0 atom stereocenters. The summed E-state index contributed by atoms with van der Waals surface area (Å²) in [5.74, 6) is 0.0307. The number of amides is 2. The number of ether oxygens (including phenoxy) is 1. The van der Waals surface area contributed by atoms with Crippen molar-refractivity contribution in [2.24, 2.45) is 0 Å². The Morgan fingerprint density at radius 1 is 0.897 bits per heavy atom. The summed E-state index contributed by atoms with van der Waals surface area (Å²) < 4.78 is 5.76. The highest BCUT2D eigenvalue weighted by atomic mass is 16.6. The molecule has 0 aliphatic carbocycles. The van der Waals surface area contributed by atoms with E-state index in [9.17, 15) is 9.59 Å². The summed E-state index contributed by atoms with van der Waals surface area (Å²) in [5, 5.41) is 6.87. The number of carbonyl (C=O) groups excluding carboxylic acids is 2. The Bertz CT molecular complexity index is 1190. The van der Waals surface area contributed by atoms with Crippen LogP contribution in [0.25, 0.3) is 11.1 Å². The Labute approximate surface area is 232 Å². The van der Waals surface area contributed by atoms with Crippen LogP contribution in [0.3, 0.4) is 0 Å². The molecule has 7 heteroatoms. The van der Waals surface area contributed by atoms with Crippen LogP contribution in [0, 0.1) is 6.42 Å². The lowest BCUT2D eigenvalue weighted by Crippen LogP contribution is -2.50. The molecule has 0 spiro atoms. The maximum Gasteiger partial charge on any atom is 0.429 e. The molecule has 4 rings (SSSR count). The van der Waals surface area contributed by atoms with E-state index >= 15 is 0 Å². The fourth-order valence-electron chi connectivity index (χ4n) is 4.75. The normalized spacial score (nSPS) is 13.6. The van der Waals surface area contributed by atoms with Crippen molar-refractivity contribution >= 4 is 17.7 Å². The van der Waals surface area contributed by atoms with Crippen LogP contribution in [0.15, 0.2) is 78.9 Å². The highest BCUT2D eigenvalue weighted by Crippen LogP contribution is 2.33. The fourth-order valence-corrected chi connectivity index (χ4v) is 4.75. The maximum absolute atomic E-state index is 13.5. The van der Waals surface area contributed by atoms with Crippen molar-refractivity contribution in [2.45, 2.75) is 32.2 Å². The molecular formula is C32H39N4O3. The highest BCUT2D eigenvalue weighted by Gasteiger charge is 2.28. The van der Waals surface area contributed by atoms with Crippen LogP contribution in [0.2, 0.25) is 0 Å². The lowest BCUT2D eigenvalue weighted by atomic mass is 10.0. The van der Waals surface area contributed by atoms with E-state index in [0.29, 0.717) is 19.4 Å². The van der Waals surface area contributed by atoms with E-state index < -0.39 is 6.09 Å². The van der Waals surface area contributed by atoms with Gasteiger partial charge in [0.1, 0.15) is 6.61 Å². The van der Waals surface area contributed by atoms with Gasteiger partial charge in [-0.2, -0.15) is 0 Å². The average Bonchev–Trinajstić information content (AvgIpc) is 2.98. The zero-order valence-corrected chi connectivity index (χ0v) is 23.0. The summed E-state index contributed by atoms with van der Waals surface area (Å²) in [7, 11) is 3.68. The molecule has 39 heavy (non-hydrogen) atoms. The molecule has 1 heterocycles. The molecular weight excluding hydrogens is 488 g/mol. The average molecular weight is 528 g/mol. The van der Waals surface area contributed by atoms with E-state index in [0.717, 1.165) is 54.9 Å². The predicted octanol–water partition coefficient (Wildman–Crippen LogP) is 5.32. The minimum atomic E-state index is -0.428. The van der Waals surface area contributed by atoms with Gasteiger partial charge in [-0.25, -0.2) is 14.8 Å². The molecule has 1 saturated heterocycles. The first-order valence-corrected chi connectivity index (χ1v) is 13.7.